The third-order valence-corrected chi connectivity index (χ3v) is 3.18. The molecule has 4 nitrogen and oxygen atoms in total. The molecule has 1 aliphatic rings. The number of aliphatic hydroxyl groups excluding tert-OH is 1. The maximum Gasteiger partial charge on any atom is 0.404 e. The summed E-state index contributed by atoms with van der Waals surface area (Å²) < 4.78 is 4.92. The molecule has 1 saturated carbocycles. The quantitative estimate of drug-likeness (QED) is 0.705. The normalized spacial score (nSPS) is 21.1. The van der Waals surface area contributed by atoms with Crippen LogP contribution in [0, 0.1) is 5.92 Å². The van der Waals surface area contributed by atoms with Gasteiger partial charge in [0.15, 0.2) is 0 Å². The average Bonchev–Trinajstić information content (AvgIpc) is 2.28. The van der Waals surface area contributed by atoms with Crippen LogP contribution >= 0.6 is 0 Å². The molecule has 1 rings (SSSR count). The summed E-state index contributed by atoms with van der Waals surface area (Å²) in [5.74, 6) is 0.521. The van der Waals surface area contributed by atoms with Crippen molar-refractivity contribution in [1.29, 1.82) is 0 Å². The number of aliphatic hydroxyl groups is 1. The van der Waals surface area contributed by atoms with Crippen molar-refractivity contribution in [2.24, 2.45) is 11.7 Å². The lowest BCUT2D eigenvalue weighted by Gasteiger charge is -2.27. The molecule has 0 aromatic heterocycles. The third kappa shape index (κ3) is 4.23. The van der Waals surface area contributed by atoms with E-state index in [4.69, 9.17) is 10.5 Å². The lowest BCUT2D eigenvalue weighted by Crippen LogP contribution is -2.34. The fraction of sp³-hybridized carbons (Fsp3) is 0.750. The predicted octanol–water partition coefficient (Wildman–Crippen LogP) is 1.97. The maximum absolute atomic E-state index is 10.7. The molecule has 0 saturated heterocycles. The fourth-order valence-corrected chi connectivity index (χ4v) is 2.31. The van der Waals surface area contributed by atoms with E-state index in [1.165, 1.54) is 25.3 Å². The maximum atomic E-state index is 10.7. The van der Waals surface area contributed by atoms with Gasteiger partial charge in [0.05, 0.1) is 0 Å². The molecule has 0 aliphatic heterocycles. The van der Waals surface area contributed by atoms with Crippen LogP contribution in [0.25, 0.3) is 0 Å². The van der Waals surface area contributed by atoms with Crippen molar-refractivity contribution in [2.75, 3.05) is 0 Å². The summed E-state index contributed by atoms with van der Waals surface area (Å²) >= 11 is 0. The van der Waals surface area contributed by atoms with Crippen molar-refractivity contribution < 1.29 is 14.6 Å². The number of nitrogens with two attached hydrogens (primary N) is 1. The molecule has 2 atom stereocenters. The van der Waals surface area contributed by atoms with Crippen LogP contribution in [-0.2, 0) is 4.74 Å². The van der Waals surface area contributed by atoms with Crippen LogP contribution in [0.1, 0.15) is 38.5 Å². The number of carbonyl (C=O) groups excluding carboxylic acids is 1. The van der Waals surface area contributed by atoms with Crippen LogP contribution in [0.4, 0.5) is 4.79 Å². The van der Waals surface area contributed by atoms with E-state index in [0.717, 1.165) is 12.8 Å². The van der Waals surface area contributed by atoms with Gasteiger partial charge >= 0.3 is 6.09 Å². The minimum Gasteiger partial charge on any atom is -0.443 e. The SMILES string of the molecule is C=C[C@@H](O)[C@H](CC1CCCCC1)OC(N)=O. The Bertz CT molecular complexity index is 236. The molecule has 1 fully saturated rings. The Morgan fingerprint density at radius 2 is 2.12 bits per heavy atom. The first-order valence-electron chi connectivity index (χ1n) is 5.90. The van der Waals surface area contributed by atoms with E-state index in [1.807, 2.05) is 0 Å². The molecule has 0 bridgehead atoms. The van der Waals surface area contributed by atoms with Gasteiger partial charge in [-0.05, 0) is 12.3 Å². The van der Waals surface area contributed by atoms with Gasteiger partial charge in [0.25, 0.3) is 0 Å². The highest BCUT2D eigenvalue weighted by atomic mass is 16.6. The Labute approximate surface area is 96.5 Å². The largest absolute Gasteiger partial charge is 0.443 e. The first kappa shape index (κ1) is 13.0. The fourth-order valence-electron chi connectivity index (χ4n) is 2.31. The van der Waals surface area contributed by atoms with E-state index >= 15 is 0 Å². The van der Waals surface area contributed by atoms with E-state index in [0.29, 0.717) is 12.3 Å². The van der Waals surface area contributed by atoms with Crippen LogP contribution in [-0.4, -0.2) is 23.4 Å². The standard InChI is InChI=1S/C12H21NO3/c1-2-10(14)11(16-12(13)15)8-9-6-4-3-5-7-9/h2,9-11,14H,1,3-8H2,(H2,13,15)/t10-,11+/m1/s1. The van der Waals surface area contributed by atoms with Gasteiger partial charge < -0.3 is 15.6 Å². The molecular formula is C12H21NO3. The molecule has 3 N–H and O–H groups in total. The smallest absolute Gasteiger partial charge is 0.404 e. The summed E-state index contributed by atoms with van der Waals surface area (Å²) in [5, 5.41) is 9.65. The minimum absolute atomic E-state index is 0.521. The van der Waals surface area contributed by atoms with E-state index in [1.54, 1.807) is 0 Å². The lowest BCUT2D eigenvalue weighted by atomic mass is 9.84. The molecule has 0 unspecified atom stereocenters. The van der Waals surface area contributed by atoms with Gasteiger partial charge in [0.2, 0.25) is 0 Å². The minimum atomic E-state index is -0.832. The molecule has 1 aliphatic carbocycles. The topological polar surface area (TPSA) is 72.6 Å². The van der Waals surface area contributed by atoms with Crippen LogP contribution in [0.5, 0.6) is 0 Å². The number of hydrogen-bond acceptors (Lipinski definition) is 3. The van der Waals surface area contributed by atoms with E-state index in [9.17, 15) is 9.90 Å². The van der Waals surface area contributed by atoms with Crippen LogP contribution in [0.2, 0.25) is 0 Å². The van der Waals surface area contributed by atoms with Crippen molar-refractivity contribution in [1.82, 2.24) is 0 Å². The number of hydrogen-bond donors (Lipinski definition) is 2. The van der Waals surface area contributed by atoms with E-state index in [-0.39, 0.29) is 0 Å². The molecule has 0 heterocycles. The zero-order valence-electron chi connectivity index (χ0n) is 9.60. The van der Waals surface area contributed by atoms with Gasteiger partial charge in [-0.1, -0.05) is 38.2 Å². The Hall–Kier alpha value is -1.03. The number of ether oxygens (including phenoxy) is 1. The Balaban J connectivity index is 2.47. The first-order valence-corrected chi connectivity index (χ1v) is 5.90. The van der Waals surface area contributed by atoms with Gasteiger partial charge in [-0.25, -0.2) is 4.79 Å². The second-order valence-electron chi connectivity index (χ2n) is 4.44. The average molecular weight is 227 g/mol. The van der Waals surface area contributed by atoms with Crippen molar-refractivity contribution in [3.63, 3.8) is 0 Å². The molecule has 92 valence electrons. The second kappa shape index (κ2) is 6.53. The number of carbonyl (C=O) groups is 1. The second-order valence-corrected chi connectivity index (χ2v) is 4.44. The Kier molecular flexibility index (Phi) is 5.32. The summed E-state index contributed by atoms with van der Waals surface area (Å²) in [5.41, 5.74) is 4.98. The highest BCUT2D eigenvalue weighted by molar-refractivity contribution is 5.64. The molecular weight excluding hydrogens is 206 g/mol. The number of amides is 1. The van der Waals surface area contributed by atoms with Gasteiger partial charge in [-0.3, -0.25) is 0 Å². The summed E-state index contributed by atoms with van der Waals surface area (Å²) in [4.78, 5) is 10.7. The molecule has 0 aromatic rings. The summed E-state index contributed by atoms with van der Waals surface area (Å²) in [7, 11) is 0. The van der Waals surface area contributed by atoms with Gasteiger partial charge in [-0.15, -0.1) is 6.58 Å². The predicted molar refractivity (Wildman–Crippen MR) is 61.9 cm³/mol. The molecule has 1 amide bonds. The number of rotatable bonds is 5. The van der Waals surface area contributed by atoms with Crippen LogP contribution in [0.15, 0.2) is 12.7 Å². The van der Waals surface area contributed by atoms with Crippen molar-refractivity contribution in [3.8, 4) is 0 Å². The van der Waals surface area contributed by atoms with Crippen LogP contribution in [0.3, 0.4) is 0 Å². The third-order valence-electron chi connectivity index (χ3n) is 3.18. The van der Waals surface area contributed by atoms with Crippen molar-refractivity contribution in [3.05, 3.63) is 12.7 Å². The van der Waals surface area contributed by atoms with Crippen molar-refractivity contribution >= 4 is 6.09 Å². The summed E-state index contributed by atoms with van der Waals surface area (Å²) in [6, 6.07) is 0. The number of primary amides is 1. The summed E-state index contributed by atoms with van der Waals surface area (Å²) in [6.07, 6.45) is 5.87. The Morgan fingerprint density at radius 3 is 2.62 bits per heavy atom. The molecule has 0 radical (unpaired) electrons. The molecule has 4 heteroatoms. The highest BCUT2D eigenvalue weighted by Gasteiger charge is 2.25. The molecule has 16 heavy (non-hydrogen) atoms. The van der Waals surface area contributed by atoms with Gasteiger partial charge in [0, 0.05) is 0 Å². The van der Waals surface area contributed by atoms with Crippen LogP contribution < -0.4 is 5.73 Å². The van der Waals surface area contributed by atoms with Crippen molar-refractivity contribution in [2.45, 2.75) is 50.7 Å². The Morgan fingerprint density at radius 1 is 1.50 bits per heavy atom. The molecule has 0 aromatic carbocycles. The molecule has 0 spiro atoms. The monoisotopic (exact) mass is 227 g/mol. The summed E-state index contributed by atoms with van der Waals surface area (Å²) in [6.45, 7) is 3.50. The zero-order valence-corrected chi connectivity index (χ0v) is 9.60. The lowest BCUT2D eigenvalue weighted by molar-refractivity contribution is 0.0127. The van der Waals surface area contributed by atoms with E-state index < -0.39 is 18.3 Å². The highest BCUT2D eigenvalue weighted by Crippen LogP contribution is 2.28. The first-order chi connectivity index (χ1) is 7.63. The van der Waals surface area contributed by atoms with Gasteiger partial charge in [0.1, 0.15) is 12.2 Å². The van der Waals surface area contributed by atoms with Gasteiger partial charge in [-0.2, -0.15) is 0 Å². The zero-order chi connectivity index (χ0) is 12.0. The van der Waals surface area contributed by atoms with E-state index in [2.05, 4.69) is 6.58 Å².